The van der Waals surface area contributed by atoms with Crippen LogP contribution < -0.4 is 9.47 Å². The molecular weight excluding hydrogens is 166 g/mol. The van der Waals surface area contributed by atoms with Crippen LogP contribution in [0, 0.1) is 0 Å². The van der Waals surface area contributed by atoms with Gasteiger partial charge in [0.05, 0.1) is 0 Å². The van der Waals surface area contributed by atoms with Gasteiger partial charge in [0, 0.05) is 13.1 Å². The van der Waals surface area contributed by atoms with Gasteiger partial charge in [-0.25, -0.2) is 0 Å². The number of hydrogen-bond donors (Lipinski definition) is 0. The average molecular weight is 177 g/mol. The lowest BCUT2D eigenvalue weighted by atomic mass is 10.1. The minimum absolute atomic E-state index is 0.369. The van der Waals surface area contributed by atoms with E-state index in [0.717, 1.165) is 24.6 Å². The maximum atomic E-state index is 5.32. The third kappa shape index (κ3) is 1.00. The SMILES string of the molecule is CN1Cc2cc3c(cc2C1)OCO3. The lowest BCUT2D eigenvalue weighted by Crippen LogP contribution is -2.07. The summed E-state index contributed by atoms with van der Waals surface area (Å²) in [7, 11) is 2.12. The summed E-state index contributed by atoms with van der Waals surface area (Å²) in [6.45, 7) is 2.41. The topological polar surface area (TPSA) is 21.7 Å². The van der Waals surface area contributed by atoms with Gasteiger partial charge in [0.1, 0.15) is 0 Å². The van der Waals surface area contributed by atoms with Crippen LogP contribution in [0.4, 0.5) is 0 Å². The molecular formula is C10H11NO2. The van der Waals surface area contributed by atoms with Crippen molar-refractivity contribution in [2.45, 2.75) is 13.1 Å². The summed E-state index contributed by atoms with van der Waals surface area (Å²) in [5.74, 6) is 1.79. The lowest BCUT2D eigenvalue weighted by molar-refractivity contribution is 0.173. The molecule has 0 bridgehead atoms. The molecule has 0 aliphatic carbocycles. The van der Waals surface area contributed by atoms with Crippen LogP contribution in [-0.4, -0.2) is 18.7 Å². The second-order valence-corrected chi connectivity index (χ2v) is 3.65. The Morgan fingerprint density at radius 2 is 1.62 bits per heavy atom. The van der Waals surface area contributed by atoms with Gasteiger partial charge in [-0.15, -0.1) is 0 Å². The number of nitrogens with zero attached hydrogens (tertiary/aromatic N) is 1. The Hall–Kier alpha value is -1.22. The van der Waals surface area contributed by atoms with E-state index >= 15 is 0 Å². The molecule has 13 heavy (non-hydrogen) atoms. The fraction of sp³-hybridized carbons (Fsp3) is 0.400. The summed E-state index contributed by atoms with van der Waals surface area (Å²) < 4.78 is 10.6. The summed E-state index contributed by atoms with van der Waals surface area (Å²) >= 11 is 0. The molecule has 2 aliphatic heterocycles. The molecule has 1 aromatic rings. The van der Waals surface area contributed by atoms with Crippen molar-refractivity contribution < 1.29 is 9.47 Å². The van der Waals surface area contributed by atoms with E-state index < -0.39 is 0 Å². The van der Waals surface area contributed by atoms with Crippen LogP contribution in [0.15, 0.2) is 12.1 Å². The summed E-state index contributed by atoms with van der Waals surface area (Å²) in [5, 5.41) is 0. The normalized spacial score (nSPS) is 19.2. The van der Waals surface area contributed by atoms with Gasteiger partial charge < -0.3 is 9.47 Å². The zero-order valence-corrected chi connectivity index (χ0v) is 7.54. The summed E-state index contributed by atoms with van der Waals surface area (Å²) in [5.41, 5.74) is 2.73. The third-order valence-corrected chi connectivity index (χ3v) is 2.58. The molecule has 3 heteroatoms. The van der Waals surface area contributed by atoms with Crippen molar-refractivity contribution in [3.05, 3.63) is 23.3 Å². The van der Waals surface area contributed by atoms with Crippen molar-refractivity contribution in [3.8, 4) is 11.5 Å². The highest BCUT2D eigenvalue weighted by molar-refractivity contribution is 5.49. The predicted molar refractivity (Wildman–Crippen MR) is 47.7 cm³/mol. The number of rotatable bonds is 0. The summed E-state index contributed by atoms with van der Waals surface area (Å²) in [6, 6.07) is 4.20. The van der Waals surface area contributed by atoms with E-state index in [1.165, 1.54) is 11.1 Å². The minimum atomic E-state index is 0.369. The van der Waals surface area contributed by atoms with Gasteiger partial charge in [0.25, 0.3) is 0 Å². The van der Waals surface area contributed by atoms with Gasteiger partial charge in [0.15, 0.2) is 11.5 Å². The van der Waals surface area contributed by atoms with Gasteiger partial charge in [0.2, 0.25) is 6.79 Å². The van der Waals surface area contributed by atoms with Crippen LogP contribution in [0.1, 0.15) is 11.1 Å². The predicted octanol–water partition coefficient (Wildman–Crippen LogP) is 1.36. The Morgan fingerprint density at radius 1 is 1.08 bits per heavy atom. The van der Waals surface area contributed by atoms with Crippen molar-refractivity contribution in [2.24, 2.45) is 0 Å². The zero-order chi connectivity index (χ0) is 8.84. The molecule has 0 aromatic heterocycles. The Labute approximate surface area is 76.9 Å². The molecule has 0 saturated heterocycles. The summed E-state index contributed by atoms with van der Waals surface area (Å²) in [4.78, 5) is 2.28. The fourth-order valence-electron chi connectivity index (χ4n) is 1.96. The van der Waals surface area contributed by atoms with E-state index in [0.29, 0.717) is 6.79 Å². The Balaban J connectivity index is 2.10. The molecule has 3 rings (SSSR count). The molecule has 2 heterocycles. The van der Waals surface area contributed by atoms with Crippen molar-refractivity contribution in [1.29, 1.82) is 0 Å². The molecule has 1 aromatic carbocycles. The van der Waals surface area contributed by atoms with Crippen LogP contribution in [0.2, 0.25) is 0 Å². The Bertz CT molecular complexity index is 329. The molecule has 0 atom stereocenters. The van der Waals surface area contributed by atoms with Crippen LogP contribution in [0.25, 0.3) is 0 Å². The number of fused-ring (bicyclic) bond motifs is 2. The molecule has 0 amide bonds. The maximum Gasteiger partial charge on any atom is 0.231 e. The van der Waals surface area contributed by atoms with Crippen molar-refractivity contribution in [2.75, 3.05) is 13.8 Å². The largest absolute Gasteiger partial charge is 0.454 e. The first-order chi connectivity index (χ1) is 6.33. The second-order valence-electron chi connectivity index (χ2n) is 3.65. The quantitative estimate of drug-likeness (QED) is 0.597. The molecule has 2 aliphatic rings. The molecule has 0 radical (unpaired) electrons. The molecule has 3 nitrogen and oxygen atoms in total. The van der Waals surface area contributed by atoms with Crippen molar-refractivity contribution >= 4 is 0 Å². The molecule has 0 unspecified atom stereocenters. The van der Waals surface area contributed by atoms with Gasteiger partial charge in [-0.3, -0.25) is 4.90 Å². The smallest absolute Gasteiger partial charge is 0.231 e. The average Bonchev–Trinajstić information content (AvgIpc) is 2.63. The van der Waals surface area contributed by atoms with E-state index in [1.807, 2.05) is 0 Å². The minimum Gasteiger partial charge on any atom is -0.454 e. The zero-order valence-electron chi connectivity index (χ0n) is 7.54. The van der Waals surface area contributed by atoms with Gasteiger partial charge >= 0.3 is 0 Å². The number of ether oxygens (including phenoxy) is 2. The maximum absolute atomic E-state index is 5.32. The van der Waals surface area contributed by atoms with Gasteiger partial charge in [-0.2, -0.15) is 0 Å². The molecule has 0 spiro atoms. The van der Waals surface area contributed by atoms with Crippen LogP contribution in [0.3, 0.4) is 0 Å². The summed E-state index contributed by atoms with van der Waals surface area (Å²) in [6.07, 6.45) is 0. The first-order valence-corrected chi connectivity index (χ1v) is 4.43. The van der Waals surface area contributed by atoms with Gasteiger partial charge in [-0.1, -0.05) is 0 Å². The fourth-order valence-corrected chi connectivity index (χ4v) is 1.96. The van der Waals surface area contributed by atoms with E-state index in [9.17, 15) is 0 Å². The van der Waals surface area contributed by atoms with Crippen LogP contribution in [0.5, 0.6) is 11.5 Å². The first kappa shape index (κ1) is 7.21. The third-order valence-electron chi connectivity index (χ3n) is 2.58. The van der Waals surface area contributed by atoms with Crippen LogP contribution in [-0.2, 0) is 13.1 Å². The first-order valence-electron chi connectivity index (χ1n) is 4.43. The lowest BCUT2D eigenvalue weighted by Gasteiger charge is -2.02. The van der Waals surface area contributed by atoms with E-state index in [1.54, 1.807) is 0 Å². The molecule has 68 valence electrons. The van der Waals surface area contributed by atoms with Crippen LogP contribution >= 0.6 is 0 Å². The van der Waals surface area contributed by atoms with E-state index in [-0.39, 0.29) is 0 Å². The Morgan fingerprint density at radius 3 is 2.15 bits per heavy atom. The second kappa shape index (κ2) is 2.39. The van der Waals surface area contributed by atoms with Gasteiger partial charge in [-0.05, 0) is 30.3 Å². The van der Waals surface area contributed by atoms with E-state index in [4.69, 9.17) is 9.47 Å². The highest BCUT2D eigenvalue weighted by Crippen LogP contribution is 2.37. The monoisotopic (exact) mass is 177 g/mol. The standard InChI is InChI=1S/C10H11NO2/c1-11-4-7-2-9-10(13-6-12-9)3-8(7)5-11/h2-3H,4-6H2,1H3. The highest BCUT2D eigenvalue weighted by atomic mass is 16.7. The highest BCUT2D eigenvalue weighted by Gasteiger charge is 2.21. The van der Waals surface area contributed by atoms with Crippen molar-refractivity contribution in [1.82, 2.24) is 4.90 Å². The number of hydrogen-bond acceptors (Lipinski definition) is 3. The van der Waals surface area contributed by atoms with E-state index in [2.05, 4.69) is 24.1 Å². The molecule has 0 fully saturated rings. The Kier molecular flexibility index (Phi) is 1.32. The molecule has 0 N–H and O–H groups in total. The number of benzene rings is 1. The van der Waals surface area contributed by atoms with Crippen molar-refractivity contribution in [3.63, 3.8) is 0 Å². The molecule has 0 saturated carbocycles.